The molecule has 0 aromatic heterocycles. The van der Waals surface area contributed by atoms with Crippen LogP contribution in [-0.2, 0) is 15.9 Å². The van der Waals surface area contributed by atoms with E-state index in [2.05, 4.69) is 32.9 Å². The van der Waals surface area contributed by atoms with Crippen LogP contribution in [-0.4, -0.2) is 27.8 Å². The maximum absolute atomic E-state index is 13.2. The molecular weight excluding hydrogens is 419 g/mol. The summed E-state index contributed by atoms with van der Waals surface area (Å²) >= 11 is 0. The van der Waals surface area contributed by atoms with Crippen LogP contribution in [0, 0.1) is 5.82 Å². The molecule has 0 N–H and O–H groups in total. The Labute approximate surface area is 197 Å². The number of benzene rings is 2. The Morgan fingerprint density at radius 1 is 0.818 bits per heavy atom. The molecule has 0 saturated carbocycles. The zero-order valence-corrected chi connectivity index (χ0v) is 20.3. The lowest BCUT2D eigenvalue weighted by molar-refractivity contribution is 0.0448. The van der Waals surface area contributed by atoms with Crippen molar-refractivity contribution in [3.63, 3.8) is 0 Å². The Bertz CT molecular complexity index is 925. The van der Waals surface area contributed by atoms with Gasteiger partial charge in [-0.25, -0.2) is 4.39 Å². The largest absolute Gasteiger partial charge is 0.467 e. The molecule has 33 heavy (non-hydrogen) atoms. The van der Waals surface area contributed by atoms with E-state index in [0.29, 0.717) is 17.9 Å². The maximum atomic E-state index is 13.2. The summed E-state index contributed by atoms with van der Waals surface area (Å²) in [6.07, 6.45) is 11.0. The van der Waals surface area contributed by atoms with Crippen LogP contribution in [0.3, 0.4) is 0 Å². The van der Waals surface area contributed by atoms with Crippen LogP contribution in [0.15, 0.2) is 59.7 Å². The zero-order chi connectivity index (χ0) is 24.1. The highest BCUT2D eigenvalue weighted by Crippen LogP contribution is 2.33. The molecule has 0 amide bonds. The molecule has 2 rings (SSSR count). The summed E-state index contributed by atoms with van der Waals surface area (Å²) < 4.78 is 35.3. The third-order valence-electron chi connectivity index (χ3n) is 4.94. The van der Waals surface area contributed by atoms with Gasteiger partial charge in [-0.15, -0.1) is 0 Å². The lowest BCUT2D eigenvalue weighted by Crippen LogP contribution is -2.06. The van der Waals surface area contributed by atoms with Crippen molar-refractivity contribution in [1.29, 1.82) is 0 Å². The number of methoxy groups -OCH3 is 2. The van der Waals surface area contributed by atoms with Crippen LogP contribution in [0.1, 0.15) is 50.3 Å². The second kappa shape index (κ2) is 14.3. The molecule has 2 aromatic carbocycles. The molecule has 0 aliphatic heterocycles. The van der Waals surface area contributed by atoms with E-state index in [-0.39, 0.29) is 19.4 Å². The fourth-order valence-corrected chi connectivity index (χ4v) is 3.17. The highest BCUT2D eigenvalue weighted by molar-refractivity contribution is 5.72. The van der Waals surface area contributed by atoms with Crippen LogP contribution < -0.4 is 9.47 Å². The van der Waals surface area contributed by atoms with Gasteiger partial charge in [-0.3, -0.25) is 0 Å². The van der Waals surface area contributed by atoms with E-state index < -0.39 is 0 Å². The first-order valence-corrected chi connectivity index (χ1v) is 11.1. The topological polar surface area (TPSA) is 36.9 Å². The second-order valence-electron chi connectivity index (χ2n) is 8.06. The molecular formula is C28H35FO4. The predicted octanol–water partition coefficient (Wildman–Crippen LogP) is 7.20. The van der Waals surface area contributed by atoms with Crippen LogP contribution in [0.25, 0.3) is 12.2 Å². The summed E-state index contributed by atoms with van der Waals surface area (Å²) in [4.78, 5) is 0. The molecule has 0 atom stereocenters. The van der Waals surface area contributed by atoms with E-state index in [4.69, 9.17) is 18.9 Å². The third kappa shape index (κ3) is 9.64. The van der Waals surface area contributed by atoms with Crippen molar-refractivity contribution in [2.45, 2.75) is 40.0 Å². The third-order valence-corrected chi connectivity index (χ3v) is 4.94. The van der Waals surface area contributed by atoms with E-state index in [0.717, 1.165) is 29.5 Å². The number of rotatable bonds is 13. The molecule has 0 aliphatic carbocycles. The Morgan fingerprint density at radius 3 is 1.94 bits per heavy atom. The first-order valence-electron chi connectivity index (χ1n) is 11.1. The summed E-state index contributed by atoms with van der Waals surface area (Å²) in [6.45, 7) is 6.63. The van der Waals surface area contributed by atoms with Crippen molar-refractivity contribution in [2.75, 3.05) is 27.8 Å². The van der Waals surface area contributed by atoms with Crippen LogP contribution >= 0.6 is 0 Å². The predicted molar refractivity (Wildman–Crippen MR) is 133 cm³/mol. The van der Waals surface area contributed by atoms with Crippen molar-refractivity contribution in [3.8, 4) is 11.5 Å². The summed E-state index contributed by atoms with van der Waals surface area (Å²) in [7, 11) is 3.18. The average molecular weight is 455 g/mol. The van der Waals surface area contributed by atoms with Crippen molar-refractivity contribution < 1.29 is 23.3 Å². The molecule has 0 radical (unpaired) electrons. The van der Waals surface area contributed by atoms with Gasteiger partial charge in [-0.1, -0.05) is 47.6 Å². The summed E-state index contributed by atoms with van der Waals surface area (Å²) in [5, 5.41) is 0. The van der Waals surface area contributed by atoms with Gasteiger partial charge in [0.25, 0.3) is 0 Å². The van der Waals surface area contributed by atoms with Gasteiger partial charge in [0, 0.05) is 19.8 Å². The Hall–Kier alpha value is -2.89. The monoisotopic (exact) mass is 454 g/mol. The fourth-order valence-electron chi connectivity index (χ4n) is 3.17. The normalized spacial score (nSPS) is 11.6. The van der Waals surface area contributed by atoms with Crippen molar-refractivity contribution >= 4 is 12.2 Å². The lowest BCUT2D eigenvalue weighted by Gasteiger charge is -2.16. The highest BCUT2D eigenvalue weighted by Gasteiger charge is 2.13. The van der Waals surface area contributed by atoms with Crippen LogP contribution in [0.5, 0.6) is 11.5 Å². The van der Waals surface area contributed by atoms with Crippen molar-refractivity contribution in [1.82, 2.24) is 0 Å². The number of halogens is 1. The number of hydrogen-bond acceptors (Lipinski definition) is 4. The highest BCUT2D eigenvalue weighted by atomic mass is 19.1. The number of hydrogen-bond donors (Lipinski definition) is 0. The van der Waals surface area contributed by atoms with Gasteiger partial charge in [0.1, 0.15) is 17.3 Å². The first kappa shape index (κ1) is 26.4. The standard InChI is InChI=1S/C28H35FO4/c1-21(2)7-6-8-22(3)9-16-26-27(32-19-30-4)17-24(18-28(26)33-20-31-5)11-10-23-12-14-25(29)15-13-23/h7,9-15,17-18H,6,8,16,19-20H2,1-5H3/b11-10+,22-9+. The minimum atomic E-state index is -0.258. The minimum absolute atomic E-state index is 0.130. The van der Waals surface area contributed by atoms with E-state index in [1.165, 1.54) is 23.3 Å². The average Bonchev–Trinajstić information content (AvgIpc) is 2.79. The quantitative estimate of drug-likeness (QED) is 0.182. The molecule has 0 heterocycles. The van der Waals surface area contributed by atoms with Crippen molar-refractivity contribution in [2.24, 2.45) is 0 Å². The first-order chi connectivity index (χ1) is 15.9. The lowest BCUT2D eigenvalue weighted by atomic mass is 10.0. The van der Waals surface area contributed by atoms with Gasteiger partial charge in [0.05, 0.1) is 0 Å². The van der Waals surface area contributed by atoms with E-state index >= 15 is 0 Å². The SMILES string of the molecule is COCOc1cc(/C=C/c2ccc(F)cc2)cc(OCOC)c1C/C=C(\C)CCC=C(C)C. The molecule has 0 saturated heterocycles. The van der Waals surface area contributed by atoms with Gasteiger partial charge < -0.3 is 18.9 Å². The summed E-state index contributed by atoms with van der Waals surface area (Å²) in [5.74, 6) is 1.13. The molecule has 0 unspecified atom stereocenters. The fraction of sp³-hybridized carbons (Fsp3) is 0.357. The van der Waals surface area contributed by atoms with Crippen molar-refractivity contribution in [3.05, 3.63) is 82.2 Å². The molecule has 0 bridgehead atoms. The van der Waals surface area contributed by atoms with Gasteiger partial charge in [-0.05, 0) is 75.4 Å². The minimum Gasteiger partial charge on any atom is -0.467 e. The second-order valence-corrected chi connectivity index (χ2v) is 8.06. The molecule has 0 fully saturated rings. The van der Waals surface area contributed by atoms with E-state index in [1.54, 1.807) is 26.4 Å². The molecule has 2 aromatic rings. The molecule has 5 heteroatoms. The molecule has 178 valence electrons. The Balaban J connectivity index is 2.34. The Kier molecular flexibility index (Phi) is 11.4. The molecule has 0 aliphatic rings. The number of allylic oxidation sites excluding steroid dienone is 4. The van der Waals surface area contributed by atoms with Gasteiger partial charge in [0.2, 0.25) is 0 Å². The van der Waals surface area contributed by atoms with E-state index in [9.17, 15) is 4.39 Å². The number of ether oxygens (including phenoxy) is 4. The van der Waals surface area contributed by atoms with E-state index in [1.807, 2.05) is 24.3 Å². The molecule has 4 nitrogen and oxygen atoms in total. The maximum Gasteiger partial charge on any atom is 0.188 e. The Morgan fingerprint density at radius 2 is 1.39 bits per heavy atom. The summed E-state index contributed by atoms with van der Waals surface area (Å²) in [5.41, 5.74) is 5.36. The van der Waals surface area contributed by atoms with Crippen LogP contribution in [0.2, 0.25) is 0 Å². The zero-order valence-electron chi connectivity index (χ0n) is 20.3. The summed E-state index contributed by atoms with van der Waals surface area (Å²) in [6, 6.07) is 10.3. The smallest absolute Gasteiger partial charge is 0.188 e. The molecule has 0 spiro atoms. The van der Waals surface area contributed by atoms with Gasteiger partial charge in [0.15, 0.2) is 13.6 Å². The van der Waals surface area contributed by atoms with Gasteiger partial charge in [-0.2, -0.15) is 0 Å². The van der Waals surface area contributed by atoms with Gasteiger partial charge >= 0.3 is 0 Å². The van der Waals surface area contributed by atoms with Crippen LogP contribution in [0.4, 0.5) is 4.39 Å².